The number of aryl methyl sites for hydroxylation is 1. The van der Waals surface area contributed by atoms with E-state index < -0.39 is 0 Å². The van der Waals surface area contributed by atoms with Gasteiger partial charge in [0.15, 0.2) is 5.11 Å². The van der Waals surface area contributed by atoms with Crippen LogP contribution in [0.5, 0.6) is 0 Å². The molecular formula is C14H17ClN4S. The first-order chi connectivity index (χ1) is 9.67. The minimum Gasteiger partial charge on any atom is -0.359 e. The third-order valence-corrected chi connectivity index (χ3v) is 3.36. The molecule has 20 heavy (non-hydrogen) atoms. The lowest BCUT2D eigenvalue weighted by Crippen LogP contribution is -2.34. The number of hydrogen-bond donors (Lipinski definition) is 2. The molecule has 0 saturated carbocycles. The van der Waals surface area contributed by atoms with Gasteiger partial charge in [-0.25, -0.2) is 0 Å². The molecular weight excluding hydrogens is 292 g/mol. The lowest BCUT2D eigenvalue weighted by Gasteiger charge is -2.09. The van der Waals surface area contributed by atoms with Crippen LogP contribution in [-0.4, -0.2) is 14.9 Å². The normalized spacial score (nSPS) is 10.3. The van der Waals surface area contributed by atoms with Crippen LogP contribution < -0.4 is 10.6 Å². The average molecular weight is 309 g/mol. The van der Waals surface area contributed by atoms with Crippen LogP contribution in [0.1, 0.15) is 18.2 Å². The lowest BCUT2D eigenvalue weighted by molar-refractivity contribution is 0.642. The summed E-state index contributed by atoms with van der Waals surface area (Å²) in [5.74, 6) is 0. The van der Waals surface area contributed by atoms with E-state index in [1.807, 2.05) is 41.2 Å². The minimum atomic E-state index is 0.617. The molecule has 2 aromatic rings. The smallest absolute Gasteiger partial charge is 0.166 e. The van der Waals surface area contributed by atoms with E-state index in [2.05, 4.69) is 22.7 Å². The van der Waals surface area contributed by atoms with Crippen molar-refractivity contribution < 1.29 is 0 Å². The second-order valence-electron chi connectivity index (χ2n) is 4.33. The van der Waals surface area contributed by atoms with E-state index in [1.54, 1.807) is 0 Å². The van der Waals surface area contributed by atoms with Gasteiger partial charge in [0, 0.05) is 24.3 Å². The Kier molecular flexibility index (Phi) is 5.38. The summed E-state index contributed by atoms with van der Waals surface area (Å²) in [7, 11) is 0. The first-order valence-corrected chi connectivity index (χ1v) is 7.24. The number of benzene rings is 1. The second-order valence-corrected chi connectivity index (χ2v) is 5.17. The molecule has 6 heteroatoms. The van der Waals surface area contributed by atoms with E-state index in [0.717, 1.165) is 22.8 Å². The first kappa shape index (κ1) is 14.8. The first-order valence-electron chi connectivity index (χ1n) is 6.46. The maximum atomic E-state index is 5.84. The molecule has 0 spiro atoms. The number of nitrogens with one attached hydrogen (secondary N) is 2. The Balaban J connectivity index is 1.74. The monoisotopic (exact) mass is 308 g/mol. The number of thiocarbonyl (C=S) groups is 1. The fraction of sp³-hybridized carbons (Fsp3) is 0.286. The zero-order valence-corrected chi connectivity index (χ0v) is 12.8. The molecule has 4 nitrogen and oxygen atoms in total. The Labute approximate surface area is 129 Å². The Bertz CT molecular complexity index is 565. The highest BCUT2D eigenvalue weighted by Crippen LogP contribution is 2.09. The van der Waals surface area contributed by atoms with Gasteiger partial charge in [-0.1, -0.05) is 23.7 Å². The summed E-state index contributed by atoms with van der Waals surface area (Å²) >= 11 is 11.1. The molecule has 0 amide bonds. The van der Waals surface area contributed by atoms with Crippen LogP contribution in [0.25, 0.3) is 0 Å². The second kappa shape index (κ2) is 7.26. The van der Waals surface area contributed by atoms with Crippen LogP contribution in [0.3, 0.4) is 0 Å². The van der Waals surface area contributed by atoms with Gasteiger partial charge in [0.1, 0.15) is 0 Å². The van der Waals surface area contributed by atoms with Crippen LogP contribution in [0.2, 0.25) is 5.02 Å². The molecule has 0 unspecified atom stereocenters. The molecule has 1 aromatic carbocycles. The maximum absolute atomic E-state index is 5.84. The Morgan fingerprint density at radius 1 is 1.20 bits per heavy atom. The molecule has 0 saturated heterocycles. The molecule has 2 N–H and O–H groups in total. The Hall–Kier alpha value is -1.59. The number of halogens is 1. The van der Waals surface area contributed by atoms with Crippen molar-refractivity contribution in [1.82, 2.24) is 20.4 Å². The van der Waals surface area contributed by atoms with Gasteiger partial charge in [0.05, 0.1) is 12.2 Å². The van der Waals surface area contributed by atoms with Crippen LogP contribution in [-0.2, 0) is 19.6 Å². The van der Waals surface area contributed by atoms with E-state index >= 15 is 0 Å². The molecule has 0 aliphatic rings. The van der Waals surface area contributed by atoms with Crippen molar-refractivity contribution >= 4 is 28.9 Å². The molecule has 106 valence electrons. The topological polar surface area (TPSA) is 41.9 Å². The van der Waals surface area contributed by atoms with E-state index in [9.17, 15) is 0 Å². The number of nitrogens with zero attached hydrogens (tertiary/aromatic N) is 2. The predicted molar refractivity (Wildman–Crippen MR) is 85.6 cm³/mol. The van der Waals surface area contributed by atoms with Crippen molar-refractivity contribution in [3.63, 3.8) is 0 Å². The maximum Gasteiger partial charge on any atom is 0.166 e. The van der Waals surface area contributed by atoms with Crippen LogP contribution in [0.15, 0.2) is 36.5 Å². The summed E-state index contributed by atoms with van der Waals surface area (Å²) in [6.45, 7) is 4.23. The van der Waals surface area contributed by atoms with Crippen molar-refractivity contribution in [3.8, 4) is 0 Å². The highest BCUT2D eigenvalue weighted by atomic mass is 35.5. The predicted octanol–water partition coefficient (Wildman–Crippen LogP) is 2.72. The summed E-state index contributed by atoms with van der Waals surface area (Å²) in [5.41, 5.74) is 2.11. The molecule has 0 aliphatic carbocycles. The van der Waals surface area contributed by atoms with Crippen molar-refractivity contribution in [2.45, 2.75) is 26.6 Å². The molecule has 0 radical (unpaired) electrons. The summed E-state index contributed by atoms with van der Waals surface area (Å²) < 4.78 is 1.89. The highest BCUT2D eigenvalue weighted by Gasteiger charge is 2.00. The third kappa shape index (κ3) is 4.51. The van der Waals surface area contributed by atoms with Gasteiger partial charge in [-0.3, -0.25) is 4.68 Å². The van der Waals surface area contributed by atoms with E-state index in [-0.39, 0.29) is 0 Å². The number of aromatic nitrogens is 2. The molecule has 2 rings (SSSR count). The zero-order valence-electron chi connectivity index (χ0n) is 11.3. The van der Waals surface area contributed by atoms with Gasteiger partial charge >= 0.3 is 0 Å². The summed E-state index contributed by atoms with van der Waals surface area (Å²) in [4.78, 5) is 0. The minimum absolute atomic E-state index is 0.617. The molecule has 0 aliphatic heterocycles. The molecule has 0 fully saturated rings. The molecule has 0 atom stereocenters. The van der Waals surface area contributed by atoms with Gasteiger partial charge in [0.25, 0.3) is 0 Å². The lowest BCUT2D eigenvalue weighted by atomic mass is 10.2. The van der Waals surface area contributed by atoms with Crippen LogP contribution in [0, 0.1) is 0 Å². The van der Waals surface area contributed by atoms with Gasteiger partial charge in [-0.05, 0) is 42.9 Å². The highest BCUT2D eigenvalue weighted by molar-refractivity contribution is 7.80. The van der Waals surface area contributed by atoms with Crippen molar-refractivity contribution in [2.75, 3.05) is 0 Å². The molecule has 1 heterocycles. The van der Waals surface area contributed by atoms with Gasteiger partial charge in [0.2, 0.25) is 0 Å². The number of rotatable bonds is 5. The van der Waals surface area contributed by atoms with Gasteiger partial charge in [-0.2, -0.15) is 5.10 Å². The summed E-state index contributed by atoms with van der Waals surface area (Å²) in [6, 6.07) is 9.67. The zero-order chi connectivity index (χ0) is 14.4. The van der Waals surface area contributed by atoms with Gasteiger partial charge < -0.3 is 10.6 Å². The average Bonchev–Trinajstić information content (AvgIpc) is 2.92. The van der Waals surface area contributed by atoms with Crippen molar-refractivity contribution in [2.24, 2.45) is 0 Å². The van der Waals surface area contributed by atoms with Crippen LogP contribution >= 0.6 is 23.8 Å². The Morgan fingerprint density at radius 2 is 1.90 bits per heavy atom. The third-order valence-electron chi connectivity index (χ3n) is 2.82. The SMILES string of the molecule is CCn1ccc(CNC(=S)NCc2ccc(Cl)cc2)n1. The van der Waals surface area contributed by atoms with E-state index in [0.29, 0.717) is 18.2 Å². The van der Waals surface area contributed by atoms with Crippen molar-refractivity contribution in [1.29, 1.82) is 0 Å². The largest absolute Gasteiger partial charge is 0.359 e. The molecule has 1 aromatic heterocycles. The Morgan fingerprint density at radius 3 is 2.55 bits per heavy atom. The van der Waals surface area contributed by atoms with Crippen molar-refractivity contribution in [3.05, 3.63) is 52.8 Å². The van der Waals surface area contributed by atoms with Gasteiger partial charge in [-0.15, -0.1) is 0 Å². The summed E-state index contributed by atoms with van der Waals surface area (Å²) in [5, 5.41) is 12.0. The quantitative estimate of drug-likeness (QED) is 0.834. The number of hydrogen-bond acceptors (Lipinski definition) is 2. The van der Waals surface area contributed by atoms with E-state index in [1.165, 1.54) is 0 Å². The van der Waals surface area contributed by atoms with E-state index in [4.69, 9.17) is 23.8 Å². The fourth-order valence-electron chi connectivity index (χ4n) is 1.69. The standard InChI is InChI=1S/C14H17ClN4S/c1-2-19-8-7-13(18-19)10-17-14(20)16-9-11-3-5-12(15)6-4-11/h3-8H,2,9-10H2,1H3,(H2,16,17,20). The fourth-order valence-corrected chi connectivity index (χ4v) is 1.96. The van der Waals surface area contributed by atoms with Crippen LogP contribution in [0.4, 0.5) is 0 Å². The summed E-state index contributed by atoms with van der Waals surface area (Å²) in [6.07, 6.45) is 1.96. The molecule has 0 bridgehead atoms.